The lowest BCUT2D eigenvalue weighted by Crippen LogP contribution is -2.21. The molecule has 98 valence electrons. The first-order chi connectivity index (χ1) is 8.17. The molecule has 0 aliphatic rings. The minimum Gasteiger partial charge on any atom is -0.396 e. The zero-order valence-electron chi connectivity index (χ0n) is 11.3. The monoisotopic (exact) mass is 239 g/mol. The highest BCUT2D eigenvalue weighted by molar-refractivity contribution is 5.08. The Labute approximate surface area is 104 Å². The Kier molecular flexibility index (Phi) is 6.22. The van der Waals surface area contributed by atoms with E-state index in [1.165, 1.54) is 5.69 Å². The Morgan fingerprint density at radius 2 is 2.12 bits per heavy atom. The molecule has 1 aromatic heterocycles. The predicted octanol–water partition coefficient (Wildman–Crippen LogP) is 1.81. The maximum absolute atomic E-state index is 8.71. The van der Waals surface area contributed by atoms with Gasteiger partial charge < -0.3 is 10.0 Å². The number of aromatic nitrogens is 2. The second-order valence-corrected chi connectivity index (χ2v) is 4.61. The van der Waals surface area contributed by atoms with E-state index >= 15 is 0 Å². The van der Waals surface area contributed by atoms with E-state index in [0.717, 1.165) is 44.6 Å². The molecule has 1 heterocycles. The average molecular weight is 239 g/mol. The Balaban J connectivity index is 2.36. The van der Waals surface area contributed by atoms with Gasteiger partial charge in [0, 0.05) is 19.7 Å². The van der Waals surface area contributed by atoms with E-state index in [1.807, 2.05) is 6.92 Å². The minimum absolute atomic E-state index is 0.311. The maximum Gasteiger partial charge on any atom is 0.0597 e. The van der Waals surface area contributed by atoms with Gasteiger partial charge in [0.25, 0.3) is 0 Å². The van der Waals surface area contributed by atoms with Gasteiger partial charge in [-0.25, -0.2) is 0 Å². The van der Waals surface area contributed by atoms with Crippen molar-refractivity contribution in [1.29, 1.82) is 0 Å². The number of aryl methyl sites for hydroxylation is 2. The van der Waals surface area contributed by atoms with Gasteiger partial charge in [0.1, 0.15) is 0 Å². The molecule has 0 unspecified atom stereocenters. The third-order valence-corrected chi connectivity index (χ3v) is 2.91. The molecule has 17 heavy (non-hydrogen) atoms. The molecule has 0 spiro atoms. The van der Waals surface area contributed by atoms with Gasteiger partial charge in [0.15, 0.2) is 0 Å². The van der Waals surface area contributed by atoms with Crippen LogP contribution in [0.4, 0.5) is 0 Å². The van der Waals surface area contributed by atoms with E-state index in [0.29, 0.717) is 6.61 Å². The van der Waals surface area contributed by atoms with E-state index in [-0.39, 0.29) is 0 Å². The molecule has 0 saturated carbocycles. The van der Waals surface area contributed by atoms with Crippen molar-refractivity contribution in [3.05, 3.63) is 17.5 Å². The highest BCUT2D eigenvalue weighted by atomic mass is 16.2. The summed E-state index contributed by atoms with van der Waals surface area (Å²) in [6, 6.07) is 2.16. The van der Waals surface area contributed by atoms with Gasteiger partial charge in [0.2, 0.25) is 0 Å². The van der Waals surface area contributed by atoms with Crippen LogP contribution in [0.3, 0.4) is 0 Å². The molecular weight excluding hydrogens is 214 g/mol. The van der Waals surface area contributed by atoms with Crippen LogP contribution in [0.25, 0.3) is 0 Å². The second-order valence-electron chi connectivity index (χ2n) is 4.61. The fraction of sp³-hybridized carbons (Fsp3) is 0.769. The van der Waals surface area contributed by atoms with Crippen molar-refractivity contribution in [2.24, 2.45) is 0 Å². The number of aliphatic hydroxyl groups excluding tert-OH is 1. The molecule has 0 saturated heterocycles. The molecular formula is C13H25N3O. The van der Waals surface area contributed by atoms with Gasteiger partial charge in [-0.15, -0.1) is 0 Å². The quantitative estimate of drug-likeness (QED) is 0.703. The predicted molar refractivity (Wildman–Crippen MR) is 69.9 cm³/mol. The average Bonchev–Trinajstić information content (AvgIpc) is 2.65. The van der Waals surface area contributed by atoms with Crippen LogP contribution in [0.15, 0.2) is 6.07 Å². The summed E-state index contributed by atoms with van der Waals surface area (Å²) in [6.07, 6.45) is 3.17. The maximum atomic E-state index is 8.71. The molecule has 4 heteroatoms. The van der Waals surface area contributed by atoms with Crippen LogP contribution in [0.1, 0.15) is 37.6 Å². The van der Waals surface area contributed by atoms with Gasteiger partial charge in [-0.2, -0.15) is 5.10 Å². The first kappa shape index (κ1) is 14.2. The number of rotatable bonds is 8. The van der Waals surface area contributed by atoms with Crippen molar-refractivity contribution in [3.63, 3.8) is 0 Å². The number of aliphatic hydroxyl groups is 1. The van der Waals surface area contributed by atoms with Crippen LogP contribution in [-0.4, -0.2) is 40.0 Å². The Hall–Kier alpha value is -0.870. The summed E-state index contributed by atoms with van der Waals surface area (Å²) in [5, 5.41) is 13.2. The fourth-order valence-electron chi connectivity index (χ4n) is 2.03. The van der Waals surface area contributed by atoms with Crippen LogP contribution in [0, 0.1) is 6.92 Å². The lowest BCUT2D eigenvalue weighted by Gasteiger charge is -2.16. The first-order valence-corrected chi connectivity index (χ1v) is 6.50. The van der Waals surface area contributed by atoms with Crippen molar-refractivity contribution < 1.29 is 5.11 Å². The highest BCUT2D eigenvalue weighted by Gasteiger charge is 2.06. The standard InChI is InChI=1S/C13H25N3O/c1-4-16-13(10-12(2)14-16)11-15(3)8-6-5-7-9-17/h10,17H,4-9,11H2,1-3H3. The van der Waals surface area contributed by atoms with E-state index in [2.05, 4.69) is 34.7 Å². The molecule has 4 nitrogen and oxygen atoms in total. The topological polar surface area (TPSA) is 41.3 Å². The number of nitrogens with zero attached hydrogens (tertiary/aromatic N) is 3. The van der Waals surface area contributed by atoms with E-state index in [9.17, 15) is 0 Å². The molecule has 0 radical (unpaired) electrons. The van der Waals surface area contributed by atoms with Gasteiger partial charge in [-0.3, -0.25) is 4.68 Å². The zero-order valence-corrected chi connectivity index (χ0v) is 11.3. The van der Waals surface area contributed by atoms with Crippen LogP contribution < -0.4 is 0 Å². The molecule has 0 aliphatic carbocycles. The summed E-state index contributed by atoms with van der Waals surface area (Å²) in [5.41, 5.74) is 2.38. The minimum atomic E-state index is 0.311. The fourth-order valence-corrected chi connectivity index (χ4v) is 2.03. The zero-order chi connectivity index (χ0) is 12.7. The summed E-state index contributed by atoms with van der Waals surface area (Å²) in [7, 11) is 2.14. The molecule has 1 rings (SSSR count). The van der Waals surface area contributed by atoms with Crippen LogP contribution in [-0.2, 0) is 13.1 Å². The molecule has 0 atom stereocenters. The van der Waals surface area contributed by atoms with Crippen LogP contribution >= 0.6 is 0 Å². The van der Waals surface area contributed by atoms with Crippen molar-refractivity contribution in [3.8, 4) is 0 Å². The summed E-state index contributed by atoms with van der Waals surface area (Å²) in [5.74, 6) is 0. The molecule has 0 amide bonds. The second kappa shape index (κ2) is 7.45. The third-order valence-electron chi connectivity index (χ3n) is 2.91. The van der Waals surface area contributed by atoms with Crippen LogP contribution in [0.2, 0.25) is 0 Å². The van der Waals surface area contributed by atoms with Crippen molar-refractivity contribution >= 4 is 0 Å². The first-order valence-electron chi connectivity index (χ1n) is 6.50. The van der Waals surface area contributed by atoms with Gasteiger partial charge >= 0.3 is 0 Å². The SMILES string of the molecule is CCn1nc(C)cc1CN(C)CCCCCO. The molecule has 1 N–H and O–H groups in total. The van der Waals surface area contributed by atoms with Crippen LogP contribution in [0.5, 0.6) is 0 Å². The molecule has 0 aliphatic heterocycles. The summed E-state index contributed by atoms with van der Waals surface area (Å²) >= 11 is 0. The van der Waals surface area contributed by atoms with Crippen molar-refractivity contribution in [2.75, 3.05) is 20.2 Å². The lowest BCUT2D eigenvalue weighted by molar-refractivity contribution is 0.269. The molecule has 0 aromatic carbocycles. The van der Waals surface area contributed by atoms with Crippen molar-refractivity contribution in [1.82, 2.24) is 14.7 Å². The number of hydrogen-bond acceptors (Lipinski definition) is 3. The largest absolute Gasteiger partial charge is 0.396 e. The summed E-state index contributed by atoms with van der Waals surface area (Å²) in [4.78, 5) is 2.32. The Morgan fingerprint density at radius 3 is 2.76 bits per heavy atom. The van der Waals surface area contributed by atoms with Gasteiger partial charge in [-0.05, 0) is 52.8 Å². The Morgan fingerprint density at radius 1 is 1.35 bits per heavy atom. The van der Waals surface area contributed by atoms with E-state index in [1.54, 1.807) is 0 Å². The molecule has 0 fully saturated rings. The smallest absolute Gasteiger partial charge is 0.0597 e. The number of hydrogen-bond donors (Lipinski definition) is 1. The van der Waals surface area contributed by atoms with Gasteiger partial charge in [0.05, 0.1) is 11.4 Å². The van der Waals surface area contributed by atoms with E-state index in [4.69, 9.17) is 5.11 Å². The normalized spacial score (nSPS) is 11.4. The molecule has 0 bridgehead atoms. The highest BCUT2D eigenvalue weighted by Crippen LogP contribution is 2.07. The third kappa shape index (κ3) is 4.88. The number of unbranched alkanes of at least 4 members (excludes halogenated alkanes) is 2. The Bertz CT molecular complexity index is 322. The van der Waals surface area contributed by atoms with Crippen molar-refractivity contribution in [2.45, 2.75) is 46.2 Å². The van der Waals surface area contributed by atoms with E-state index < -0.39 is 0 Å². The summed E-state index contributed by atoms with van der Waals surface area (Å²) in [6.45, 7) is 7.43. The summed E-state index contributed by atoms with van der Waals surface area (Å²) < 4.78 is 2.07. The lowest BCUT2D eigenvalue weighted by atomic mass is 10.2. The molecule has 1 aromatic rings. The van der Waals surface area contributed by atoms with Gasteiger partial charge in [-0.1, -0.05) is 0 Å².